The number of carbonyl (C=O) groups excluding carboxylic acids is 1. The molecule has 1 N–H and O–H groups in total. The second-order valence-corrected chi connectivity index (χ2v) is 5.19. The Kier molecular flexibility index (Phi) is 8.71. The van der Waals surface area contributed by atoms with Crippen LogP contribution in [0.25, 0.3) is 0 Å². The molecule has 1 atom stereocenters. The summed E-state index contributed by atoms with van der Waals surface area (Å²) >= 11 is 0. The summed E-state index contributed by atoms with van der Waals surface area (Å²) in [4.78, 5) is 11.5. The Hall–Kier alpha value is -1.39. The molecule has 118 valence electrons. The maximum absolute atomic E-state index is 11.5. The summed E-state index contributed by atoms with van der Waals surface area (Å²) in [5.74, 6) is -0.187. The van der Waals surface area contributed by atoms with E-state index in [4.69, 9.17) is 9.47 Å². The molecule has 4 nitrogen and oxygen atoms in total. The van der Waals surface area contributed by atoms with Crippen LogP contribution in [0.1, 0.15) is 30.9 Å². The molecule has 0 aliphatic rings. The van der Waals surface area contributed by atoms with E-state index < -0.39 is 0 Å². The van der Waals surface area contributed by atoms with Gasteiger partial charge in [0, 0.05) is 19.7 Å². The molecule has 1 rings (SSSR count). The van der Waals surface area contributed by atoms with Crippen LogP contribution in [0.2, 0.25) is 0 Å². The number of ether oxygens (including phenoxy) is 2. The lowest BCUT2D eigenvalue weighted by Crippen LogP contribution is -2.35. The highest BCUT2D eigenvalue weighted by Gasteiger charge is 2.14. The third kappa shape index (κ3) is 7.25. The van der Waals surface area contributed by atoms with Gasteiger partial charge in [-0.25, -0.2) is 0 Å². The van der Waals surface area contributed by atoms with Crippen molar-refractivity contribution < 1.29 is 14.3 Å². The van der Waals surface area contributed by atoms with Crippen molar-refractivity contribution in [2.45, 2.75) is 38.6 Å². The van der Waals surface area contributed by atoms with Gasteiger partial charge in [0.2, 0.25) is 0 Å². The van der Waals surface area contributed by atoms with E-state index in [2.05, 4.69) is 36.5 Å². The summed E-state index contributed by atoms with van der Waals surface area (Å²) < 4.78 is 9.80. The molecule has 0 aliphatic heterocycles. The van der Waals surface area contributed by atoms with Gasteiger partial charge in [0.15, 0.2) is 0 Å². The summed E-state index contributed by atoms with van der Waals surface area (Å²) in [6.45, 7) is 3.54. The molecule has 0 aromatic heterocycles. The Morgan fingerprint density at radius 1 is 1.19 bits per heavy atom. The number of methoxy groups -OCH3 is 2. The van der Waals surface area contributed by atoms with E-state index in [-0.39, 0.29) is 12.0 Å². The zero-order valence-electron chi connectivity index (χ0n) is 13.4. The number of aryl methyl sites for hydroxylation is 1. The Morgan fingerprint density at radius 2 is 1.86 bits per heavy atom. The van der Waals surface area contributed by atoms with Gasteiger partial charge in [-0.05, 0) is 24.0 Å². The van der Waals surface area contributed by atoms with Gasteiger partial charge in [-0.15, -0.1) is 0 Å². The van der Waals surface area contributed by atoms with Gasteiger partial charge in [0.1, 0.15) is 0 Å². The fourth-order valence-electron chi connectivity index (χ4n) is 2.28. The predicted molar refractivity (Wildman–Crippen MR) is 84.4 cm³/mol. The minimum Gasteiger partial charge on any atom is -0.469 e. The minimum absolute atomic E-state index is 0.0737. The second-order valence-electron chi connectivity index (χ2n) is 5.19. The standard InChI is InChI=1S/C17H27NO3/c1-4-5-14-6-8-15(9-7-14)12-16(13-17(19)21-3)18-10-11-20-2/h6-9,16,18H,4-5,10-13H2,1-3H3. The van der Waals surface area contributed by atoms with Gasteiger partial charge in [-0.2, -0.15) is 0 Å². The van der Waals surface area contributed by atoms with Gasteiger partial charge < -0.3 is 14.8 Å². The number of hydrogen-bond acceptors (Lipinski definition) is 4. The Balaban J connectivity index is 2.58. The molecule has 1 aromatic carbocycles. The van der Waals surface area contributed by atoms with Crippen molar-refractivity contribution in [2.24, 2.45) is 0 Å². The molecule has 0 heterocycles. The number of hydrogen-bond donors (Lipinski definition) is 1. The second kappa shape index (κ2) is 10.4. The highest BCUT2D eigenvalue weighted by molar-refractivity contribution is 5.70. The Morgan fingerprint density at radius 3 is 2.43 bits per heavy atom. The molecule has 4 heteroatoms. The molecular formula is C17H27NO3. The minimum atomic E-state index is -0.187. The number of benzene rings is 1. The Bertz CT molecular complexity index is 403. The van der Waals surface area contributed by atoms with Crippen molar-refractivity contribution >= 4 is 5.97 Å². The van der Waals surface area contributed by atoms with Crippen molar-refractivity contribution in [1.82, 2.24) is 5.32 Å². The van der Waals surface area contributed by atoms with Gasteiger partial charge >= 0.3 is 5.97 Å². The quantitative estimate of drug-likeness (QED) is 0.531. The first kappa shape index (κ1) is 17.7. The number of nitrogens with one attached hydrogen (secondary N) is 1. The maximum atomic E-state index is 11.5. The predicted octanol–water partition coefficient (Wildman–Crippen LogP) is 2.35. The van der Waals surface area contributed by atoms with E-state index in [9.17, 15) is 4.79 Å². The molecule has 0 saturated heterocycles. The van der Waals surface area contributed by atoms with Gasteiger partial charge in [-0.3, -0.25) is 4.79 Å². The average Bonchev–Trinajstić information content (AvgIpc) is 2.49. The summed E-state index contributed by atoms with van der Waals surface area (Å²) in [6, 6.07) is 8.71. The van der Waals surface area contributed by atoms with E-state index in [1.807, 2.05) is 0 Å². The molecule has 1 aromatic rings. The van der Waals surface area contributed by atoms with Crippen molar-refractivity contribution in [1.29, 1.82) is 0 Å². The highest BCUT2D eigenvalue weighted by atomic mass is 16.5. The molecule has 0 radical (unpaired) electrons. The van der Waals surface area contributed by atoms with Gasteiger partial charge in [0.05, 0.1) is 20.1 Å². The lowest BCUT2D eigenvalue weighted by atomic mass is 10.0. The zero-order valence-corrected chi connectivity index (χ0v) is 13.4. The fourth-order valence-corrected chi connectivity index (χ4v) is 2.28. The van der Waals surface area contributed by atoms with Crippen molar-refractivity contribution in [3.8, 4) is 0 Å². The summed E-state index contributed by atoms with van der Waals surface area (Å²) in [5, 5.41) is 3.35. The summed E-state index contributed by atoms with van der Waals surface area (Å²) in [7, 11) is 3.09. The van der Waals surface area contributed by atoms with Crippen LogP contribution >= 0.6 is 0 Å². The Labute approximate surface area is 127 Å². The lowest BCUT2D eigenvalue weighted by molar-refractivity contribution is -0.141. The molecule has 0 aliphatic carbocycles. The first-order chi connectivity index (χ1) is 10.2. The van der Waals surface area contributed by atoms with E-state index in [0.29, 0.717) is 13.0 Å². The normalized spacial score (nSPS) is 12.1. The number of carbonyl (C=O) groups is 1. The first-order valence-corrected chi connectivity index (χ1v) is 7.56. The van der Waals surface area contributed by atoms with Gasteiger partial charge in [-0.1, -0.05) is 37.6 Å². The van der Waals surface area contributed by atoms with Crippen LogP contribution in [0.4, 0.5) is 0 Å². The molecule has 0 amide bonds. The SMILES string of the molecule is CCCc1ccc(CC(CC(=O)OC)NCCOC)cc1. The summed E-state index contributed by atoms with van der Waals surface area (Å²) in [6.07, 6.45) is 3.45. The van der Waals surface area contributed by atoms with Crippen molar-refractivity contribution in [2.75, 3.05) is 27.4 Å². The molecule has 0 bridgehead atoms. The van der Waals surface area contributed by atoms with Crippen LogP contribution in [0.15, 0.2) is 24.3 Å². The van der Waals surface area contributed by atoms with Crippen LogP contribution in [-0.4, -0.2) is 39.4 Å². The maximum Gasteiger partial charge on any atom is 0.307 e. The zero-order chi connectivity index (χ0) is 15.5. The molecular weight excluding hydrogens is 266 g/mol. The number of rotatable bonds is 10. The highest BCUT2D eigenvalue weighted by Crippen LogP contribution is 2.10. The molecule has 0 saturated carbocycles. The third-order valence-corrected chi connectivity index (χ3v) is 3.42. The van der Waals surface area contributed by atoms with Crippen LogP contribution in [0, 0.1) is 0 Å². The summed E-state index contributed by atoms with van der Waals surface area (Å²) in [5.41, 5.74) is 2.59. The molecule has 0 spiro atoms. The van der Waals surface area contributed by atoms with Crippen LogP contribution in [-0.2, 0) is 27.1 Å². The number of esters is 1. The monoisotopic (exact) mass is 293 g/mol. The van der Waals surface area contributed by atoms with Crippen molar-refractivity contribution in [3.05, 3.63) is 35.4 Å². The van der Waals surface area contributed by atoms with Gasteiger partial charge in [0.25, 0.3) is 0 Å². The topological polar surface area (TPSA) is 47.6 Å². The average molecular weight is 293 g/mol. The van der Waals surface area contributed by atoms with Crippen LogP contribution < -0.4 is 5.32 Å². The first-order valence-electron chi connectivity index (χ1n) is 7.56. The lowest BCUT2D eigenvalue weighted by Gasteiger charge is -2.18. The fraction of sp³-hybridized carbons (Fsp3) is 0.588. The van der Waals surface area contributed by atoms with E-state index in [0.717, 1.165) is 25.8 Å². The molecule has 1 unspecified atom stereocenters. The molecule has 21 heavy (non-hydrogen) atoms. The molecule has 0 fully saturated rings. The third-order valence-electron chi connectivity index (χ3n) is 3.42. The smallest absolute Gasteiger partial charge is 0.307 e. The van der Waals surface area contributed by atoms with E-state index >= 15 is 0 Å². The van der Waals surface area contributed by atoms with Crippen LogP contribution in [0.3, 0.4) is 0 Å². The van der Waals surface area contributed by atoms with E-state index in [1.165, 1.54) is 18.2 Å². The largest absolute Gasteiger partial charge is 0.469 e. The van der Waals surface area contributed by atoms with Crippen LogP contribution in [0.5, 0.6) is 0 Å². The van der Waals surface area contributed by atoms with Crippen molar-refractivity contribution in [3.63, 3.8) is 0 Å². The van der Waals surface area contributed by atoms with E-state index in [1.54, 1.807) is 7.11 Å².